The Labute approximate surface area is 86.5 Å². The van der Waals surface area contributed by atoms with E-state index in [0.29, 0.717) is 12.1 Å². The highest BCUT2D eigenvalue weighted by atomic mass is 16.5. The minimum atomic E-state index is 0.408. The quantitative estimate of drug-likeness (QED) is 0.521. The first kappa shape index (κ1) is 11.5. The highest BCUT2D eigenvalue weighted by molar-refractivity contribution is 4.74. The van der Waals surface area contributed by atoms with Gasteiger partial charge < -0.3 is 14.8 Å². The molecule has 0 radical (unpaired) electrons. The van der Waals surface area contributed by atoms with Crippen molar-refractivity contribution in [3.05, 3.63) is 12.8 Å². The van der Waals surface area contributed by atoms with E-state index in [4.69, 9.17) is 9.47 Å². The van der Waals surface area contributed by atoms with E-state index in [0.717, 1.165) is 39.0 Å². The van der Waals surface area contributed by atoms with E-state index in [1.54, 1.807) is 0 Å². The first-order valence-corrected chi connectivity index (χ1v) is 5.40. The molecule has 2 atom stereocenters. The van der Waals surface area contributed by atoms with E-state index >= 15 is 0 Å². The van der Waals surface area contributed by atoms with Crippen LogP contribution in [-0.4, -0.2) is 31.9 Å². The van der Waals surface area contributed by atoms with Crippen LogP contribution in [-0.2, 0) is 9.47 Å². The van der Waals surface area contributed by atoms with Gasteiger partial charge in [0, 0.05) is 12.6 Å². The summed E-state index contributed by atoms with van der Waals surface area (Å²) in [7, 11) is 0. The Hall–Kier alpha value is -0.540. The molecule has 14 heavy (non-hydrogen) atoms. The van der Waals surface area contributed by atoms with E-state index in [9.17, 15) is 0 Å². The third kappa shape index (κ3) is 4.63. The van der Waals surface area contributed by atoms with Crippen molar-refractivity contribution >= 4 is 0 Å². The normalized spacial score (nSPS) is 27.2. The second kappa shape index (κ2) is 6.85. The summed E-state index contributed by atoms with van der Waals surface area (Å²) >= 11 is 0. The maximum absolute atomic E-state index is 5.47. The van der Waals surface area contributed by atoms with Crippen LogP contribution in [0.5, 0.6) is 0 Å². The first-order valence-electron chi connectivity index (χ1n) is 5.40. The van der Waals surface area contributed by atoms with Crippen molar-refractivity contribution in [3.63, 3.8) is 0 Å². The van der Waals surface area contributed by atoms with Crippen LogP contribution in [0, 0.1) is 0 Å². The van der Waals surface area contributed by atoms with Crippen molar-refractivity contribution in [2.75, 3.05) is 19.8 Å². The van der Waals surface area contributed by atoms with Crippen molar-refractivity contribution in [2.45, 2.75) is 38.3 Å². The summed E-state index contributed by atoms with van der Waals surface area (Å²) in [6, 6.07) is 0.627. The summed E-state index contributed by atoms with van der Waals surface area (Å²) in [5, 5.41) is 3.52. The number of hydrogen-bond acceptors (Lipinski definition) is 3. The molecule has 0 spiro atoms. The Balaban J connectivity index is 1.97. The topological polar surface area (TPSA) is 30.5 Å². The molecular formula is C11H21NO2. The molecule has 0 aromatic heterocycles. The monoisotopic (exact) mass is 199 g/mol. The number of rotatable bonds is 6. The summed E-state index contributed by atoms with van der Waals surface area (Å²) < 4.78 is 10.5. The van der Waals surface area contributed by atoms with Gasteiger partial charge >= 0.3 is 0 Å². The van der Waals surface area contributed by atoms with Gasteiger partial charge in [0.25, 0.3) is 0 Å². The summed E-state index contributed by atoms with van der Waals surface area (Å²) in [6.07, 6.45) is 5.20. The molecule has 1 aliphatic rings. The summed E-state index contributed by atoms with van der Waals surface area (Å²) in [5.74, 6) is 0. The third-order valence-corrected chi connectivity index (χ3v) is 2.47. The van der Waals surface area contributed by atoms with Crippen LogP contribution < -0.4 is 5.32 Å². The Morgan fingerprint density at radius 3 is 3.21 bits per heavy atom. The standard InChI is InChI=1S/C11H21NO2/c1-3-13-7-4-6-12-11-5-8-14-10(2)9-11/h3,10-12H,1,4-9H2,2H3. The second-order valence-electron chi connectivity index (χ2n) is 3.75. The minimum Gasteiger partial charge on any atom is -0.502 e. The van der Waals surface area contributed by atoms with E-state index in [1.807, 2.05) is 0 Å². The second-order valence-corrected chi connectivity index (χ2v) is 3.75. The van der Waals surface area contributed by atoms with E-state index in [-0.39, 0.29) is 0 Å². The first-order chi connectivity index (χ1) is 6.83. The molecule has 1 aliphatic heterocycles. The lowest BCUT2D eigenvalue weighted by atomic mass is 10.0. The lowest BCUT2D eigenvalue weighted by molar-refractivity contribution is 0.0132. The van der Waals surface area contributed by atoms with Crippen molar-refractivity contribution < 1.29 is 9.47 Å². The third-order valence-electron chi connectivity index (χ3n) is 2.47. The van der Waals surface area contributed by atoms with Gasteiger partial charge in [-0.05, 0) is 32.7 Å². The maximum atomic E-state index is 5.47. The van der Waals surface area contributed by atoms with Crippen molar-refractivity contribution in [1.82, 2.24) is 5.32 Å². The van der Waals surface area contributed by atoms with Crippen LogP contribution in [0.4, 0.5) is 0 Å². The fourth-order valence-corrected chi connectivity index (χ4v) is 1.73. The molecule has 1 N–H and O–H groups in total. The van der Waals surface area contributed by atoms with Gasteiger partial charge in [-0.2, -0.15) is 0 Å². The average Bonchev–Trinajstić information content (AvgIpc) is 2.18. The van der Waals surface area contributed by atoms with Gasteiger partial charge in [-0.1, -0.05) is 6.58 Å². The highest BCUT2D eigenvalue weighted by Gasteiger charge is 2.17. The zero-order valence-electron chi connectivity index (χ0n) is 9.00. The van der Waals surface area contributed by atoms with Crippen molar-refractivity contribution in [3.8, 4) is 0 Å². The van der Waals surface area contributed by atoms with Gasteiger partial charge in [-0.3, -0.25) is 0 Å². The molecule has 0 aromatic carbocycles. The predicted octanol–water partition coefficient (Wildman–Crippen LogP) is 1.69. The Morgan fingerprint density at radius 1 is 1.64 bits per heavy atom. The molecule has 0 aromatic rings. The predicted molar refractivity (Wildman–Crippen MR) is 57.2 cm³/mol. The average molecular weight is 199 g/mol. The SMILES string of the molecule is C=COCCCNC1CCOC(C)C1. The van der Waals surface area contributed by atoms with Crippen LogP contribution in [0.1, 0.15) is 26.2 Å². The van der Waals surface area contributed by atoms with Gasteiger partial charge in [0.15, 0.2) is 0 Å². The molecule has 3 heteroatoms. The van der Waals surface area contributed by atoms with Gasteiger partial charge in [0.1, 0.15) is 0 Å². The molecule has 1 heterocycles. The molecular weight excluding hydrogens is 178 g/mol. The minimum absolute atomic E-state index is 0.408. The molecule has 0 saturated carbocycles. The Kier molecular flexibility index (Phi) is 5.64. The van der Waals surface area contributed by atoms with Crippen LogP contribution in [0.2, 0.25) is 0 Å². The molecule has 0 aliphatic carbocycles. The molecule has 82 valence electrons. The molecule has 0 bridgehead atoms. The van der Waals surface area contributed by atoms with Crippen LogP contribution >= 0.6 is 0 Å². The van der Waals surface area contributed by atoms with Crippen LogP contribution in [0.25, 0.3) is 0 Å². The Morgan fingerprint density at radius 2 is 2.50 bits per heavy atom. The number of hydrogen-bond donors (Lipinski definition) is 1. The lowest BCUT2D eigenvalue weighted by Crippen LogP contribution is -2.38. The van der Waals surface area contributed by atoms with E-state index < -0.39 is 0 Å². The molecule has 2 unspecified atom stereocenters. The molecule has 1 fully saturated rings. The Bertz CT molecular complexity index is 161. The highest BCUT2D eigenvalue weighted by Crippen LogP contribution is 2.12. The van der Waals surface area contributed by atoms with Gasteiger partial charge in [-0.15, -0.1) is 0 Å². The zero-order valence-corrected chi connectivity index (χ0v) is 9.00. The van der Waals surface area contributed by atoms with Gasteiger partial charge in [-0.25, -0.2) is 0 Å². The van der Waals surface area contributed by atoms with Crippen LogP contribution in [0.3, 0.4) is 0 Å². The summed E-state index contributed by atoms with van der Waals surface area (Å²) in [5.41, 5.74) is 0. The van der Waals surface area contributed by atoms with E-state index in [1.165, 1.54) is 6.26 Å². The molecule has 1 rings (SSSR count). The fourth-order valence-electron chi connectivity index (χ4n) is 1.73. The zero-order chi connectivity index (χ0) is 10.2. The summed E-state index contributed by atoms with van der Waals surface area (Å²) in [4.78, 5) is 0. The molecule has 0 amide bonds. The fraction of sp³-hybridized carbons (Fsp3) is 0.818. The van der Waals surface area contributed by atoms with Crippen LogP contribution in [0.15, 0.2) is 12.8 Å². The molecule has 3 nitrogen and oxygen atoms in total. The maximum Gasteiger partial charge on any atom is 0.0885 e. The van der Waals surface area contributed by atoms with Crippen molar-refractivity contribution in [2.24, 2.45) is 0 Å². The largest absolute Gasteiger partial charge is 0.502 e. The number of ether oxygens (including phenoxy) is 2. The van der Waals surface area contributed by atoms with E-state index in [2.05, 4.69) is 18.8 Å². The molecule has 1 saturated heterocycles. The van der Waals surface area contributed by atoms with Gasteiger partial charge in [0.2, 0.25) is 0 Å². The van der Waals surface area contributed by atoms with Gasteiger partial charge in [0.05, 0.1) is 19.0 Å². The van der Waals surface area contributed by atoms with Crippen molar-refractivity contribution in [1.29, 1.82) is 0 Å². The number of nitrogens with one attached hydrogen (secondary N) is 1. The lowest BCUT2D eigenvalue weighted by Gasteiger charge is -2.28. The smallest absolute Gasteiger partial charge is 0.0885 e. The summed E-state index contributed by atoms with van der Waals surface area (Å²) in [6.45, 7) is 8.30.